The highest BCUT2D eigenvalue weighted by Gasteiger charge is 2.18. The van der Waals surface area contributed by atoms with Gasteiger partial charge in [-0.1, -0.05) is 109 Å². The molecule has 10 aromatic rings. The summed E-state index contributed by atoms with van der Waals surface area (Å²) < 4.78 is 0. The first-order valence-corrected chi connectivity index (χ1v) is 17.8. The first-order valence-electron chi connectivity index (χ1n) is 17.8. The summed E-state index contributed by atoms with van der Waals surface area (Å²) >= 11 is 0. The van der Waals surface area contributed by atoms with Crippen LogP contribution in [0.25, 0.3) is 100 Å². The largest absolute Gasteiger partial charge is 0.265 e. The fourth-order valence-electron chi connectivity index (χ4n) is 7.35. The molecule has 4 heterocycles. The molecule has 6 aromatic carbocycles. The van der Waals surface area contributed by atoms with Gasteiger partial charge in [-0.25, -0.2) is 19.9 Å². The van der Waals surface area contributed by atoms with Gasteiger partial charge >= 0.3 is 0 Å². The Hall–Kier alpha value is -7.44. The van der Waals surface area contributed by atoms with E-state index in [1.807, 2.05) is 30.3 Å². The number of nitrogens with zero attached hydrogens (tertiary/aromatic N) is 6. The minimum absolute atomic E-state index is 0.585. The zero-order valence-corrected chi connectivity index (χ0v) is 29.0. The van der Waals surface area contributed by atoms with E-state index in [2.05, 4.69) is 137 Å². The standard InChI is InChI=1S/C48H30N6/c1-2-10-32(11-3-1)44-30-42(45-38-14-5-4-9-31(38)17-20-43(45)51-44)36-13-8-12-35(29-36)37-18-19-41(40-16-7-6-15-39(37)40)48-53-46(33-21-25-49-26-22-33)52-47(54-48)34-23-27-50-28-24-34/h1-30H. The molecule has 0 fully saturated rings. The number of pyridine rings is 3. The molecule has 0 aliphatic carbocycles. The lowest BCUT2D eigenvalue weighted by molar-refractivity contribution is 1.07. The number of aromatic nitrogens is 6. The summed E-state index contributed by atoms with van der Waals surface area (Å²) in [4.78, 5) is 28.5. The Kier molecular flexibility index (Phi) is 7.69. The van der Waals surface area contributed by atoms with Crippen molar-refractivity contribution in [3.05, 3.63) is 183 Å². The second-order valence-electron chi connectivity index (χ2n) is 13.2. The number of fused-ring (bicyclic) bond motifs is 4. The minimum Gasteiger partial charge on any atom is -0.265 e. The lowest BCUT2D eigenvalue weighted by Gasteiger charge is -2.15. The van der Waals surface area contributed by atoms with Crippen molar-refractivity contribution in [3.63, 3.8) is 0 Å². The maximum Gasteiger partial charge on any atom is 0.164 e. The van der Waals surface area contributed by atoms with E-state index in [-0.39, 0.29) is 0 Å². The highest BCUT2D eigenvalue weighted by atomic mass is 15.0. The molecule has 0 amide bonds. The van der Waals surface area contributed by atoms with Gasteiger partial charge in [0.15, 0.2) is 17.5 Å². The van der Waals surface area contributed by atoms with Crippen LogP contribution >= 0.6 is 0 Å². The van der Waals surface area contributed by atoms with Crippen LogP contribution in [0.5, 0.6) is 0 Å². The minimum atomic E-state index is 0.585. The SMILES string of the molecule is c1ccc(-c2cc(-c3cccc(-c4ccc(-c5nc(-c6ccncc6)nc(-c6ccncc6)n5)c5ccccc45)c3)c3c(ccc4ccccc43)n2)cc1. The monoisotopic (exact) mass is 690 g/mol. The van der Waals surface area contributed by atoms with Gasteiger partial charge in [-0.2, -0.15) is 0 Å². The first-order chi connectivity index (χ1) is 26.8. The highest BCUT2D eigenvalue weighted by molar-refractivity contribution is 6.14. The molecule has 6 nitrogen and oxygen atoms in total. The summed E-state index contributed by atoms with van der Waals surface area (Å²) in [5, 5.41) is 5.69. The van der Waals surface area contributed by atoms with Crippen molar-refractivity contribution in [2.45, 2.75) is 0 Å². The van der Waals surface area contributed by atoms with E-state index >= 15 is 0 Å². The van der Waals surface area contributed by atoms with Gasteiger partial charge in [0, 0.05) is 52.4 Å². The molecular weight excluding hydrogens is 661 g/mol. The van der Waals surface area contributed by atoms with Crippen molar-refractivity contribution >= 4 is 32.4 Å². The summed E-state index contributed by atoms with van der Waals surface area (Å²) in [6.45, 7) is 0. The molecule has 0 aliphatic heterocycles. The molecule has 0 bridgehead atoms. The Labute approximate surface area is 311 Å². The van der Waals surface area contributed by atoms with Gasteiger partial charge in [-0.05, 0) is 92.3 Å². The van der Waals surface area contributed by atoms with E-state index in [0.29, 0.717) is 17.5 Å². The fourth-order valence-corrected chi connectivity index (χ4v) is 7.35. The molecule has 0 unspecified atom stereocenters. The molecule has 0 saturated carbocycles. The van der Waals surface area contributed by atoms with Gasteiger partial charge in [-0.15, -0.1) is 0 Å². The zero-order chi connectivity index (χ0) is 35.8. The summed E-state index contributed by atoms with van der Waals surface area (Å²) in [6.07, 6.45) is 7.01. The Balaban J connectivity index is 1.15. The average Bonchev–Trinajstić information content (AvgIpc) is 3.26. The Bertz CT molecular complexity index is 2930. The van der Waals surface area contributed by atoms with Crippen LogP contribution in [0.4, 0.5) is 0 Å². The quantitative estimate of drug-likeness (QED) is 0.162. The molecule has 0 saturated heterocycles. The van der Waals surface area contributed by atoms with Crippen LogP contribution in [0.15, 0.2) is 183 Å². The summed E-state index contributed by atoms with van der Waals surface area (Å²) in [6, 6.07) is 54.9. The van der Waals surface area contributed by atoms with Gasteiger partial charge in [0.2, 0.25) is 0 Å². The molecule has 0 spiro atoms. The second kappa shape index (κ2) is 13.3. The normalized spacial score (nSPS) is 11.3. The molecule has 252 valence electrons. The Morgan fingerprint density at radius 1 is 0.315 bits per heavy atom. The molecule has 0 radical (unpaired) electrons. The third kappa shape index (κ3) is 5.63. The molecule has 0 aliphatic rings. The van der Waals surface area contributed by atoms with Crippen LogP contribution in [0.3, 0.4) is 0 Å². The molecular formula is C48H30N6. The molecule has 0 atom stereocenters. The van der Waals surface area contributed by atoms with Crippen molar-refractivity contribution in [3.8, 4) is 67.7 Å². The van der Waals surface area contributed by atoms with Gasteiger partial charge < -0.3 is 0 Å². The van der Waals surface area contributed by atoms with Crippen LogP contribution in [0.1, 0.15) is 0 Å². The summed E-state index contributed by atoms with van der Waals surface area (Å²) in [5.41, 5.74) is 10.2. The lowest BCUT2D eigenvalue weighted by atomic mass is 9.90. The van der Waals surface area contributed by atoms with Gasteiger partial charge in [0.05, 0.1) is 11.2 Å². The molecule has 4 aromatic heterocycles. The number of hydrogen-bond donors (Lipinski definition) is 0. The van der Waals surface area contributed by atoms with Crippen molar-refractivity contribution < 1.29 is 0 Å². The summed E-state index contributed by atoms with van der Waals surface area (Å²) in [5.74, 6) is 1.77. The van der Waals surface area contributed by atoms with E-state index < -0.39 is 0 Å². The third-order valence-electron chi connectivity index (χ3n) is 9.93. The van der Waals surface area contributed by atoms with Crippen molar-refractivity contribution in [2.75, 3.05) is 0 Å². The van der Waals surface area contributed by atoms with Crippen LogP contribution in [-0.2, 0) is 0 Å². The molecule has 10 rings (SSSR count). The fraction of sp³-hybridized carbons (Fsp3) is 0. The molecule has 0 N–H and O–H groups in total. The maximum absolute atomic E-state index is 5.17. The lowest BCUT2D eigenvalue weighted by Crippen LogP contribution is -2.01. The van der Waals surface area contributed by atoms with E-state index in [4.69, 9.17) is 19.9 Å². The zero-order valence-electron chi connectivity index (χ0n) is 29.0. The van der Waals surface area contributed by atoms with E-state index in [1.54, 1.807) is 24.8 Å². The van der Waals surface area contributed by atoms with E-state index in [1.165, 1.54) is 10.8 Å². The van der Waals surface area contributed by atoms with Crippen LogP contribution in [0, 0.1) is 0 Å². The Morgan fingerprint density at radius 3 is 1.57 bits per heavy atom. The average molecular weight is 691 g/mol. The van der Waals surface area contributed by atoms with Crippen molar-refractivity contribution in [2.24, 2.45) is 0 Å². The number of rotatable bonds is 6. The van der Waals surface area contributed by atoms with Gasteiger partial charge in [0.1, 0.15) is 0 Å². The summed E-state index contributed by atoms with van der Waals surface area (Å²) in [7, 11) is 0. The highest BCUT2D eigenvalue weighted by Crippen LogP contribution is 2.40. The number of hydrogen-bond acceptors (Lipinski definition) is 6. The van der Waals surface area contributed by atoms with Crippen molar-refractivity contribution in [1.82, 2.24) is 29.9 Å². The predicted molar refractivity (Wildman–Crippen MR) is 218 cm³/mol. The predicted octanol–water partition coefficient (Wildman–Crippen LogP) is 11.5. The maximum atomic E-state index is 5.17. The van der Waals surface area contributed by atoms with Crippen LogP contribution < -0.4 is 0 Å². The smallest absolute Gasteiger partial charge is 0.164 e. The van der Waals surface area contributed by atoms with Gasteiger partial charge in [-0.3, -0.25) is 9.97 Å². The van der Waals surface area contributed by atoms with E-state index in [0.717, 1.165) is 71.9 Å². The van der Waals surface area contributed by atoms with Gasteiger partial charge in [0.25, 0.3) is 0 Å². The number of benzene rings is 6. The second-order valence-corrected chi connectivity index (χ2v) is 13.2. The topological polar surface area (TPSA) is 77.3 Å². The third-order valence-corrected chi connectivity index (χ3v) is 9.93. The molecule has 54 heavy (non-hydrogen) atoms. The molecule has 6 heteroatoms. The first kappa shape index (κ1) is 31.3. The van der Waals surface area contributed by atoms with Crippen LogP contribution in [-0.4, -0.2) is 29.9 Å². The Morgan fingerprint density at radius 2 is 0.870 bits per heavy atom. The van der Waals surface area contributed by atoms with E-state index in [9.17, 15) is 0 Å². The van der Waals surface area contributed by atoms with Crippen molar-refractivity contribution in [1.29, 1.82) is 0 Å². The van der Waals surface area contributed by atoms with Crippen LogP contribution in [0.2, 0.25) is 0 Å².